The molecule has 2 fully saturated rings. The highest BCUT2D eigenvalue weighted by molar-refractivity contribution is 5.44. The number of nitrogens with one attached hydrogen (secondary N) is 2. The van der Waals surface area contributed by atoms with Gasteiger partial charge in [-0.1, -0.05) is 36.1 Å². The van der Waals surface area contributed by atoms with Crippen LogP contribution in [0.1, 0.15) is 40.3 Å². The fourth-order valence-electron chi connectivity index (χ4n) is 4.82. The van der Waals surface area contributed by atoms with Crippen LogP contribution in [0.25, 0.3) is 0 Å². The lowest BCUT2D eigenvalue weighted by Crippen LogP contribution is -2.35. The summed E-state index contributed by atoms with van der Waals surface area (Å²) in [5, 5.41) is 13.8. The normalized spacial score (nSPS) is 18.6. The Kier molecular flexibility index (Phi) is 8.84. The molecule has 2 aromatic carbocycles. The zero-order chi connectivity index (χ0) is 26.2. The van der Waals surface area contributed by atoms with Crippen molar-refractivity contribution in [2.45, 2.75) is 31.3 Å². The lowest BCUT2D eigenvalue weighted by molar-refractivity contribution is 0.0342. The van der Waals surface area contributed by atoms with Gasteiger partial charge in [0.2, 0.25) is 5.75 Å². The van der Waals surface area contributed by atoms with Gasteiger partial charge >= 0.3 is 0 Å². The summed E-state index contributed by atoms with van der Waals surface area (Å²) in [5.74, 6) is 6.23. The number of aromatic nitrogens is 2. The standard InChI is InChI=1S/C30H34N4O4/c35-29-28(32-21-33-30(29)36)17-26(18-31-27-11-14-38-20-27)25-9-7-23(8-10-25)2-1-22-3-5-24(6-4-22)19-34-12-15-37-16-13-34/h3-10,21,26-27,31,35H,11-20H2,(H,32,33,36)/t26?,27-/m1/s1. The third-order valence-corrected chi connectivity index (χ3v) is 7.12. The molecule has 1 aromatic heterocycles. The predicted octanol–water partition coefficient (Wildman–Crippen LogP) is 2.41. The van der Waals surface area contributed by atoms with E-state index in [0.29, 0.717) is 31.3 Å². The number of benzene rings is 2. The van der Waals surface area contributed by atoms with Crippen molar-refractivity contribution in [3.05, 3.63) is 93.2 Å². The van der Waals surface area contributed by atoms with Crippen LogP contribution < -0.4 is 10.9 Å². The molecule has 5 rings (SSSR count). The highest BCUT2D eigenvalue weighted by atomic mass is 16.5. The molecule has 0 saturated carbocycles. The number of ether oxygens (including phenoxy) is 2. The van der Waals surface area contributed by atoms with Gasteiger partial charge in [-0.15, -0.1) is 0 Å². The van der Waals surface area contributed by atoms with Crippen LogP contribution in [0.5, 0.6) is 5.75 Å². The molecule has 0 amide bonds. The minimum atomic E-state index is -0.523. The Labute approximate surface area is 223 Å². The number of aromatic amines is 1. The summed E-state index contributed by atoms with van der Waals surface area (Å²) in [4.78, 5) is 20.9. The molecule has 0 radical (unpaired) electrons. The topological polar surface area (TPSA) is 99.7 Å². The van der Waals surface area contributed by atoms with Gasteiger partial charge in [0.1, 0.15) is 0 Å². The zero-order valence-corrected chi connectivity index (χ0v) is 21.5. The molecule has 2 aliphatic heterocycles. The van der Waals surface area contributed by atoms with Crippen molar-refractivity contribution in [2.75, 3.05) is 46.1 Å². The van der Waals surface area contributed by atoms with E-state index in [4.69, 9.17) is 9.47 Å². The first-order valence-electron chi connectivity index (χ1n) is 13.2. The van der Waals surface area contributed by atoms with E-state index in [1.54, 1.807) is 0 Å². The molecule has 8 nitrogen and oxygen atoms in total. The van der Waals surface area contributed by atoms with Gasteiger partial charge in [-0.3, -0.25) is 9.69 Å². The molecule has 2 aliphatic rings. The summed E-state index contributed by atoms with van der Waals surface area (Å²) in [6.45, 7) is 6.65. The number of hydrogen-bond donors (Lipinski definition) is 3. The average Bonchev–Trinajstić information content (AvgIpc) is 3.48. The van der Waals surface area contributed by atoms with Crippen molar-refractivity contribution in [1.82, 2.24) is 20.2 Å². The Morgan fingerprint density at radius 3 is 2.42 bits per heavy atom. The maximum absolute atomic E-state index is 11.9. The Morgan fingerprint density at radius 2 is 1.74 bits per heavy atom. The Hall–Kier alpha value is -3.48. The molecular formula is C30H34N4O4. The second-order valence-electron chi connectivity index (χ2n) is 9.85. The minimum absolute atomic E-state index is 0.0248. The summed E-state index contributed by atoms with van der Waals surface area (Å²) < 4.78 is 10.9. The van der Waals surface area contributed by atoms with E-state index in [2.05, 4.69) is 68.4 Å². The summed E-state index contributed by atoms with van der Waals surface area (Å²) in [7, 11) is 0. The first-order chi connectivity index (χ1) is 18.6. The van der Waals surface area contributed by atoms with Crippen molar-refractivity contribution < 1.29 is 14.6 Å². The fraction of sp³-hybridized carbons (Fsp3) is 0.400. The predicted molar refractivity (Wildman–Crippen MR) is 145 cm³/mol. The lowest BCUT2D eigenvalue weighted by Gasteiger charge is -2.26. The van der Waals surface area contributed by atoms with Crippen molar-refractivity contribution in [3.8, 4) is 17.6 Å². The summed E-state index contributed by atoms with van der Waals surface area (Å²) in [6, 6.07) is 16.9. The van der Waals surface area contributed by atoms with Crippen LogP contribution in [0.15, 0.2) is 59.7 Å². The molecule has 0 bridgehead atoms. The largest absolute Gasteiger partial charge is 0.502 e. The van der Waals surface area contributed by atoms with Gasteiger partial charge in [0.15, 0.2) is 0 Å². The number of nitrogens with zero attached hydrogens (tertiary/aromatic N) is 2. The summed E-state index contributed by atoms with van der Waals surface area (Å²) >= 11 is 0. The van der Waals surface area contributed by atoms with Gasteiger partial charge in [-0.05, 0) is 41.8 Å². The Balaban J connectivity index is 1.25. The van der Waals surface area contributed by atoms with Crippen LogP contribution in [0, 0.1) is 11.8 Å². The highest BCUT2D eigenvalue weighted by Crippen LogP contribution is 2.23. The monoisotopic (exact) mass is 514 g/mol. The molecule has 3 heterocycles. The van der Waals surface area contributed by atoms with Crippen LogP contribution >= 0.6 is 0 Å². The number of morpholine rings is 1. The van der Waals surface area contributed by atoms with E-state index in [1.165, 1.54) is 11.9 Å². The maximum Gasteiger partial charge on any atom is 0.293 e. The minimum Gasteiger partial charge on any atom is -0.502 e. The molecule has 3 aromatic rings. The summed E-state index contributed by atoms with van der Waals surface area (Å²) in [5.41, 5.74) is 4.16. The van der Waals surface area contributed by atoms with Crippen LogP contribution in [0.2, 0.25) is 0 Å². The van der Waals surface area contributed by atoms with Gasteiger partial charge in [0, 0.05) is 62.3 Å². The van der Waals surface area contributed by atoms with E-state index in [9.17, 15) is 9.90 Å². The molecule has 2 saturated heterocycles. The van der Waals surface area contributed by atoms with Gasteiger partial charge in [0.25, 0.3) is 5.56 Å². The Morgan fingerprint density at radius 1 is 1.03 bits per heavy atom. The molecule has 198 valence electrons. The molecule has 2 atom stereocenters. The van der Waals surface area contributed by atoms with Crippen molar-refractivity contribution >= 4 is 0 Å². The van der Waals surface area contributed by atoms with Gasteiger partial charge in [0.05, 0.1) is 31.8 Å². The molecule has 38 heavy (non-hydrogen) atoms. The van der Waals surface area contributed by atoms with Gasteiger partial charge < -0.3 is 24.9 Å². The second kappa shape index (κ2) is 12.9. The van der Waals surface area contributed by atoms with Crippen molar-refractivity contribution in [1.29, 1.82) is 0 Å². The van der Waals surface area contributed by atoms with Crippen LogP contribution in [0.4, 0.5) is 0 Å². The first kappa shape index (κ1) is 26.1. The molecule has 3 N–H and O–H groups in total. The van der Waals surface area contributed by atoms with Gasteiger partial charge in [-0.25, -0.2) is 4.98 Å². The number of hydrogen-bond acceptors (Lipinski definition) is 7. The van der Waals surface area contributed by atoms with E-state index in [0.717, 1.165) is 62.6 Å². The highest BCUT2D eigenvalue weighted by Gasteiger charge is 2.21. The molecule has 0 spiro atoms. The second-order valence-corrected chi connectivity index (χ2v) is 9.85. The fourth-order valence-corrected chi connectivity index (χ4v) is 4.82. The lowest BCUT2D eigenvalue weighted by atomic mass is 9.92. The van der Waals surface area contributed by atoms with Crippen molar-refractivity contribution in [2.24, 2.45) is 0 Å². The van der Waals surface area contributed by atoms with E-state index < -0.39 is 5.56 Å². The Bertz CT molecular complexity index is 1300. The van der Waals surface area contributed by atoms with Crippen LogP contribution in [-0.4, -0.2) is 72.1 Å². The van der Waals surface area contributed by atoms with Gasteiger partial charge in [-0.2, -0.15) is 0 Å². The van der Waals surface area contributed by atoms with E-state index >= 15 is 0 Å². The third kappa shape index (κ3) is 7.09. The molecular weight excluding hydrogens is 480 g/mol. The molecule has 0 aliphatic carbocycles. The zero-order valence-electron chi connectivity index (χ0n) is 21.5. The van der Waals surface area contributed by atoms with Crippen molar-refractivity contribution in [3.63, 3.8) is 0 Å². The number of rotatable bonds is 8. The SMILES string of the molecule is O=c1[nH]cnc(CC(CN[C@@H]2CCOC2)c2ccc(C#Cc3ccc(CN4CCOCC4)cc3)cc2)c1O. The molecule has 8 heteroatoms. The number of aromatic hydroxyl groups is 1. The number of H-pyrrole nitrogens is 1. The first-order valence-corrected chi connectivity index (χ1v) is 13.2. The average molecular weight is 515 g/mol. The third-order valence-electron chi connectivity index (χ3n) is 7.12. The van der Waals surface area contributed by atoms with E-state index in [1.807, 2.05) is 12.1 Å². The van der Waals surface area contributed by atoms with Crippen LogP contribution in [0.3, 0.4) is 0 Å². The summed E-state index contributed by atoms with van der Waals surface area (Å²) in [6.07, 6.45) is 2.75. The van der Waals surface area contributed by atoms with E-state index in [-0.39, 0.29) is 11.7 Å². The van der Waals surface area contributed by atoms with Crippen LogP contribution in [-0.2, 0) is 22.4 Å². The quantitative estimate of drug-likeness (QED) is 0.397. The molecule has 1 unspecified atom stereocenters. The maximum atomic E-state index is 11.9. The smallest absolute Gasteiger partial charge is 0.293 e.